The van der Waals surface area contributed by atoms with E-state index in [4.69, 9.17) is 0 Å². The molecule has 1 aliphatic heterocycles. The normalized spacial score (nSPS) is 17.4. The van der Waals surface area contributed by atoms with E-state index in [1.165, 1.54) is 0 Å². The Balaban J connectivity index is 2.74. The number of hydrogen-bond donors (Lipinski definition) is 2. The molecule has 0 radical (unpaired) electrons. The van der Waals surface area contributed by atoms with Gasteiger partial charge in [0.1, 0.15) is 12.5 Å². The predicted molar refractivity (Wildman–Crippen MR) is 60.1 cm³/mol. The molecule has 1 rings (SSSR count). The van der Waals surface area contributed by atoms with Crippen LogP contribution in [-0.4, -0.2) is 37.0 Å². The van der Waals surface area contributed by atoms with Crippen molar-refractivity contribution in [2.24, 2.45) is 4.99 Å². The molecular formula is C10H20N4. The van der Waals surface area contributed by atoms with Crippen LogP contribution in [0.5, 0.6) is 0 Å². The zero-order chi connectivity index (χ0) is 10.8. The molecule has 0 saturated heterocycles. The van der Waals surface area contributed by atoms with Gasteiger partial charge in [-0.15, -0.1) is 0 Å². The average Bonchev–Trinajstić information content (AvgIpc) is 2.06. The standard InChI is InChI=1S/C10H20N4/c1-10(2,3)13-9-8(11-4)6-14(5)7-12-9/h6,11H,7H2,1-5H3,(H,12,13). The van der Waals surface area contributed by atoms with Crippen LogP contribution in [-0.2, 0) is 0 Å². The number of amidine groups is 1. The third kappa shape index (κ3) is 2.94. The van der Waals surface area contributed by atoms with E-state index < -0.39 is 0 Å². The second kappa shape index (κ2) is 3.90. The molecule has 0 spiro atoms. The summed E-state index contributed by atoms with van der Waals surface area (Å²) in [7, 11) is 3.92. The SMILES string of the molecule is CNC1=CN(C)CN=C1NC(C)(C)C. The van der Waals surface area contributed by atoms with Crippen LogP contribution in [0.1, 0.15) is 20.8 Å². The minimum atomic E-state index is 0.0463. The molecule has 1 heterocycles. The van der Waals surface area contributed by atoms with Crippen molar-refractivity contribution in [3.05, 3.63) is 11.9 Å². The van der Waals surface area contributed by atoms with Gasteiger partial charge < -0.3 is 15.5 Å². The van der Waals surface area contributed by atoms with E-state index >= 15 is 0 Å². The van der Waals surface area contributed by atoms with Gasteiger partial charge in [-0.2, -0.15) is 0 Å². The van der Waals surface area contributed by atoms with E-state index in [1.54, 1.807) is 0 Å². The van der Waals surface area contributed by atoms with E-state index in [9.17, 15) is 0 Å². The summed E-state index contributed by atoms with van der Waals surface area (Å²) in [4.78, 5) is 6.49. The number of rotatable bonds is 1. The molecule has 0 amide bonds. The number of nitrogens with zero attached hydrogens (tertiary/aromatic N) is 2. The van der Waals surface area contributed by atoms with Crippen molar-refractivity contribution in [1.82, 2.24) is 15.5 Å². The Morgan fingerprint density at radius 2 is 2.07 bits per heavy atom. The van der Waals surface area contributed by atoms with Gasteiger partial charge in [-0.3, -0.25) is 0 Å². The molecule has 2 N–H and O–H groups in total. The van der Waals surface area contributed by atoms with Crippen LogP contribution in [0.15, 0.2) is 16.9 Å². The highest BCUT2D eigenvalue weighted by atomic mass is 15.2. The maximum absolute atomic E-state index is 4.45. The van der Waals surface area contributed by atoms with Gasteiger partial charge in [0.2, 0.25) is 0 Å². The Hall–Kier alpha value is -1.19. The smallest absolute Gasteiger partial charge is 0.148 e. The van der Waals surface area contributed by atoms with Gasteiger partial charge in [-0.05, 0) is 20.8 Å². The summed E-state index contributed by atoms with van der Waals surface area (Å²) in [6, 6.07) is 0. The summed E-state index contributed by atoms with van der Waals surface area (Å²) in [5, 5.41) is 6.51. The van der Waals surface area contributed by atoms with Gasteiger partial charge in [-0.1, -0.05) is 0 Å². The molecule has 14 heavy (non-hydrogen) atoms. The summed E-state index contributed by atoms with van der Waals surface area (Å²) < 4.78 is 0. The van der Waals surface area contributed by atoms with Crippen LogP contribution in [0.4, 0.5) is 0 Å². The Labute approximate surface area is 86.1 Å². The summed E-state index contributed by atoms with van der Waals surface area (Å²) >= 11 is 0. The first-order valence-corrected chi connectivity index (χ1v) is 4.85. The van der Waals surface area contributed by atoms with Crippen molar-refractivity contribution < 1.29 is 0 Å². The topological polar surface area (TPSA) is 39.7 Å². The molecular weight excluding hydrogens is 176 g/mol. The number of nitrogens with one attached hydrogen (secondary N) is 2. The number of aliphatic imine (C=N–C) groups is 1. The van der Waals surface area contributed by atoms with Gasteiger partial charge in [-0.25, -0.2) is 4.99 Å². The summed E-state index contributed by atoms with van der Waals surface area (Å²) in [5.74, 6) is 0.943. The van der Waals surface area contributed by atoms with Crippen molar-refractivity contribution in [2.75, 3.05) is 20.8 Å². The largest absolute Gasteiger partial charge is 0.384 e. The van der Waals surface area contributed by atoms with Crippen molar-refractivity contribution in [1.29, 1.82) is 0 Å². The lowest BCUT2D eigenvalue weighted by Crippen LogP contribution is -2.45. The van der Waals surface area contributed by atoms with Gasteiger partial charge in [0.15, 0.2) is 0 Å². The Morgan fingerprint density at radius 1 is 1.43 bits per heavy atom. The minimum Gasteiger partial charge on any atom is -0.384 e. The van der Waals surface area contributed by atoms with E-state index in [1.807, 2.05) is 19.0 Å². The van der Waals surface area contributed by atoms with E-state index in [2.05, 4.69) is 42.6 Å². The Kier molecular flexibility index (Phi) is 3.03. The maximum Gasteiger partial charge on any atom is 0.148 e. The van der Waals surface area contributed by atoms with Gasteiger partial charge in [0.25, 0.3) is 0 Å². The lowest BCUT2D eigenvalue weighted by atomic mass is 10.1. The molecule has 0 bridgehead atoms. The van der Waals surface area contributed by atoms with Crippen LogP contribution in [0.25, 0.3) is 0 Å². The first-order valence-electron chi connectivity index (χ1n) is 4.85. The van der Waals surface area contributed by atoms with Crippen LogP contribution in [0, 0.1) is 0 Å². The fourth-order valence-corrected chi connectivity index (χ4v) is 1.23. The van der Waals surface area contributed by atoms with Gasteiger partial charge in [0, 0.05) is 25.8 Å². The summed E-state index contributed by atoms with van der Waals surface area (Å²) in [6.07, 6.45) is 2.06. The second-order valence-electron chi connectivity index (χ2n) is 4.57. The monoisotopic (exact) mass is 196 g/mol. The van der Waals surface area contributed by atoms with E-state index in [0.29, 0.717) is 6.67 Å². The zero-order valence-electron chi connectivity index (χ0n) is 9.68. The highest BCUT2D eigenvalue weighted by Gasteiger charge is 2.17. The highest BCUT2D eigenvalue weighted by molar-refractivity contribution is 5.98. The van der Waals surface area contributed by atoms with E-state index in [-0.39, 0.29) is 5.54 Å². The first kappa shape index (κ1) is 10.9. The molecule has 0 aromatic heterocycles. The van der Waals surface area contributed by atoms with Crippen molar-refractivity contribution in [3.8, 4) is 0 Å². The molecule has 1 aliphatic rings. The molecule has 0 saturated carbocycles. The molecule has 0 aromatic rings. The fraction of sp³-hybridized carbons (Fsp3) is 0.700. The maximum atomic E-state index is 4.45. The van der Waals surface area contributed by atoms with Crippen molar-refractivity contribution in [2.45, 2.75) is 26.3 Å². The molecule has 80 valence electrons. The molecule has 0 aliphatic carbocycles. The van der Waals surface area contributed by atoms with Crippen molar-refractivity contribution in [3.63, 3.8) is 0 Å². The molecule has 0 unspecified atom stereocenters. The highest BCUT2D eigenvalue weighted by Crippen LogP contribution is 2.06. The number of likely N-dealkylation sites (N-methyl/N-ethyl adjacent to an activating group) is 1. The second-order valence-corrected chi connectivity index (χ2v) is 4.57. The van der Waals surface area contributed by atoms with Gasteiger partial charge in [0.05, 0.1) is 5.70 Å². The fourth-order valence-electron chi connectivity index (χ4n) is 1.23. The lowest BCUT2D eigenvalue weighted by Gasteiger charge is -2.28. The van der Waals surface area contributed by atoms with E-state index in [0.717, 1.165) is 11.5 Å². The first-order chi connectivity index (χ1) is 6.42. The Bertz CT molecular complexity index is 260. The zero-order valence-corrected chi connectivity index (χ0v) is 9.68. The van der Waals surface area contributed by atoms with Crippen LogP contribution >= 0.6 is 0 Å². The van der Waals surface area contributed by atoms with Gasteiger partial charge >= 0.3 is 0 Å². The quantitative estimate of drug-likeness (QED) is 0.649. The minimum absolute atomic E-state index is 0.0463. The average molecular weight is 196 g/mol. The molecule has 0 atom stereocenters. The molecule has 0 aromatic carbocycles. The molecule has 0 fully saturated rings. The lowest BCUT2D eigenvalue weighted by molar-refractivity contribution is 0.448. The number of hydrogen-bond acceptors (Lipinski definition) is 4. The predicted octanol–water partition coefficient (Wildman–Crippen LogP) is 0.737. The van der Waals surface area contributed by atoms with Crippen LogP contribution < -0.4 is 10.6 Å². The molecule has 4 heteroatoms. The summed E-state index contributed by atoms with van der Waals surface area (Å²) in [6.45, 7) is 7.09. The third-order valence-corrected chi connectivity index (χ3v) is 1.82. The third-order valence-electron chi connectivity index (χ3n) is 1.82. The van der Waals surface area contributed by atoms with Crippen molar-refractivity contribution >= 4 is 5.84 Å². The molecule has 4 nitrogen and oxygen atoms in total. The Morgan fingerprint density at radius 3 is 2.57 bits per heavy atom. The van der Waals surface area contributed by atoms with Crippen LogP contribution in [0.3, 0.4) is 0 Å². The summed E-state index contributed by atoms with van der Waals surface area (Å²) in [5.41, 5.74) is 1.08. The van der Waals surface area contributed by atoms with Crippen LogP contribution in [0.2, 0.25) is 0 Å².